The predicted molar refractivity (Wildman–Crippen MR) is 118 cm³/mol. The quantitative estimate of drug-likeness (QED) is 0.735. The van der Waals surface area contributed by atoms with Crippen LogP contribution in [0, 0.1) is 12.8 Å². The lowest BCUT2D eigenvalue weighted by Crippen LogP contribution is -2.48. The Balaban J connectivity index is 1.53. The molecule has 2 saturated heterocycles. The van der Waals surface area contributed by atoms with Gasteiger partial charge in [-0.05, 0) is 89.8 Å². The largest absolute Gasteiger partial charge is 0.326 e. The molecule has 160 valence electrons. The van der Waals surface area contributed by atoms with E-state index in [1.165, 1.54) is 45.2 Å². The molecule has 0 radical (unpaired) electrons. The molecule has 1 aromatic carbocycles. The first-order chi connectivity index (χ1) is 13.9. The fraction of sp³-hybridized carbons (Fsp3) is 0.652. The van der Waals surface area contributed by atoms with Gasteiger partial charge in [-0.2, -0.15) is 0 Å². The van der Waals surface area contributed by atoms with Crippen LogP contribution in [0.15, 0.2) is 18.2 Å². The molecule has 2 amide bonds. The van der Waals surface area contributed by atoms with Gasteiger partial charge in [-0.3, -0.25) is 9.59 Å². The molecule has 0 spiro atoms. The summed E-state index contributed by atoms with van der Waals surface area (Å²) in [6, 6.07) is 6.34. The maximum absolute atomic E-state index is 12.6. The molecule has 2 atom stereocenters. The number of carbonyl (C=O) groups excluding carboxylic acids is 2. The van der Waals surface area contributed by atoms with Gasteiger partial charge >= 0.3 is 0 Å². The van der Waals surface area contributed by atoms with Crippen LogP contribution < -0.4 is 10.6 Å². The number of amides is 2. The molecule has 6 nitrogen and oxygen atoms in total. The molecule has 2 aliphatic rings. The zero-order valence-corrected chi connectivity index (χ0v) is 18.2. The van der Waals surface area contributed by atoms with Gasteiger partial charge in [0.1, 0.15) is 0 Å². The van der Waals surface area contributed by atoms with E-state index in [-0.39, 0.29) is 11.8 Å². The van der Waals surface area contributed by atoms with Gasteiger partial charge < -0.3 is 20.4 Å². The minimum atomic E-state index is -0.0644. The second-order valence-electron chi connectivity index (χ2n) is 8.90. The molecule has 2 heterocycles. The Morgan fingerprint density at radius 2 is 1.86 bits per heavy atom. The zero-order valence-electron chi connectivity index (χ0n) is 18.2. The SMILES string of the molecule is Cc1ccc(NC(=O)CN(C)C)cc1NC(=O)CC[C@@H]1CCCN2CCCC[C@H]12. The highest BCUT2D eigenvalue weighted by atomic mass is 16.2. The second-order valence-corrected chi connectivity index (χ2v) is 8.90. The lowest BCUT2D eigenvalue weighted by molar-refractivity contribution is -0.117. The van der Waals surface area contributed by atoms with E-state index in [2.05, 4.69) is 15.5 Å². The van der Waals surface area contributed by atoms with Crippen LogP contribution in [0.3, 0.4) is 0 Å². The Bertz CT molecular complexity index is 717. The number of nitrogens with one attached hydrogen (secondary N) is 2. The maximum atomic E-state index is 12.6. The van der Waals surface area contributed by atoms with Gasteiger partial charge in [0.05, 0.1) is 6.54 Å². The number of hydrogen-bond donors (Lipinski definition) is 2. The molecule has 0 aromatic heterocycles. The van der Waals surface area contributed by atoms with Crippen molar-refractivity contribution in [2.45, 2.75) is 57.9 Å². The molecular weight excluding hydrogens is 364 g/mol. The van der Waals surface area contributed by atoms with Crippen LogP contribution >= 0.6 is 0 Å². The molecule has 0 bridgehead atoms. The Morgan fingerprint density at radius 3 is 2.66 bits per heavy atom. The fourth-order valence-corrected chi connectivity index (χ4v) is 4.77. The highest BCUT2D eigenvalue weighted by molar-refractivity contribution is 5.95. The van der Waals surface area contributed by atoms with Gasteiger partial charge in [-0.1, -0.05) is 12.5 Å². The average Bonchev–Trinajstić information content (AvgIpc) is 2.68. The third-order valence-electron chi connectivity index (χ3n) is 6.23. The summed E-state index contributed by atoms with van der Waals surface area (Å²) in [4.78, 5) is 29.1. The van der Waals surface area contributed by atoms with Crippen molar-refractivity contribution < 1.29 is 9.59 Å². The Morgan fingerprint density at radius 1 is 1.07 bits per heavy atom. The summed E-state index contributed by atoms with van der Waals surface area (Å²) in [7, 11) is 3.72. The molecule has 2 aliphatic heterocycles. The molecule has 0 unspecified atom stereocenters. The van der Waals surface area contributed by atoms with Crippen molar-refractivity contribution in [2.75, 3.05) is 44.4 Å². The number of anilines is 2. The van der Waals surface area contributed by atoms with E-state index in [1.54, 1.807) is 0 Å². The highest BCUT2D eigenvalue weighted by Crippen LogP contribution is 2.33. The summed E-state index contributed by atoms with van der Waals surface area (Å²) in [5, 5.41) is 5.95. The number of hydrogen-bond acceptors (Lipinski definition) is 4. The number of nitrogens with zero attached hydrogens (tertiary/aromatic N) is 2. The minimum Gasteiger partial charge on any atom is -0.326 e. The fourth-order valence-electron chi connectivity index (χ4n) is 4.77. The van der Waals surface area contributed by atoms with E-state index in [4.69, 9.17) is 0 Å². The Labute approximate surface area is 175 Å². The van der Waals surface area contributed by atoms with Gasteiger partial charge in [0.25, 0.3) is 0 Å². The number of fused-ring (bicyclic) bond motifs is 1. The van der Waals surface area contributed by atoms with Gasteiger partial charge in [0, 0.05) is 23.8 Å². The van der Waals surface area contributed by atoms with Crippen LogP contribution in [0.5, 0.6) is 0 Å². The molecule has 1 aromatic rings. The Hall–Kier alpha value is -1.92. The highest BCUT2D eigenvalue weighted by Gasteiger charge is 2.32. The number of aryl methyl sites for hydroxylation is 1. The van der Waals surface area contributed by atoms with Crippen LogP contribution in [-0.2, 0) is 9.59 Å². The number of benzene rings is 1. The van der Waals surface area contributed by atoms with Gasteiger partial charge in [-0.15, -0.1) is 0 Å². The topological polar surface area (TPSA) is 64.7 Å². The van der Waals surface area contributed by atoms with Crippen molar-refractivity contribution in [2.24, 2.45) is 5.92 Å². The van der Waals surface area contributed by atoms with Crippen molar-refractivity contribution in [3.05, 3.63) is 23.8 Å². The molecule has 6 heteroatoms. The summed E-state index contributed by atoms with van der Waals surface area (Å²) in [6.45, 7) is 4.77. The normalized spacial score (nSPS) is 22.2. The lowest BCUT2D eigenvalue weighted by atomic mass is 9.81. The first-order valence-corrected chi connectivity index (χ1v) is 11.0. The number of likely N-dealkylation sites (N-methyl/N-ethyl adjacent to an activating group) is 1. The second kappa shape index (κ2) is 10.2. The van der Waals surface area contributed by atoms with Gasteiger partial charge in [0.2, 0.25) is 11.8 Å². The molecular formula is C23H36N4O2. The van der Waals surface area contributed by atoms with E-state index in [1.807, 2.05) is 44.1 Å². The number of carbonyl (C=O) groups is 2. The van der Waals surface area contributed by atoms with Crippen molar-refractivity contribution in [1.29, 1.82) is 0 Å². The van der Waals surface area contributed by atoms with Crippen molar-refractivity contribution in [3.63, 3.8) is 0 Å². The van der Waals surface area contributed by atoms with Crippen LogP contribution in [0.2, 0.25) is 0 Å². The zero-order chi connectivity index (χ0) is 20.8. The van der Waals surface area contributed by atoms with Crippen LogP contribution in [0.4, 0.5) is 11.4 Å². The van der Waals surface area contributed by atoms with E-state index in [0.717, 1.165) is 17.7 Å². The van der Waals surface area contributed by atoms with E-state index in [0.29, 0.717) is 30.6 Å². The van der Waals surface area contributed by atoms with E-state index >= 15 is 0 Å². The molecule has 0 saturated carbocycles. The smallest absolute Gasteiger partial charge is 0.238 e. The summed E-state index contributed by atoms with van der Waals surface area (Å²) in [6.07, 6.45) is 7.98. The maximum Gasteiger partial charge on any atom is 0.238 e. The van der Waals surface area contributed by atoms with Crippen LogP contribution in [0.1, 0.15) is 50.5 Å². The summed E-state index contributed by atoms with van der Waals surface area (Å²) in [5.41, 5.74) is 2.49. The molecule has 29 heavy (non-hydrogen) atoms. The summed E-state index contributed by atoms with van der Waals surface area (Å²) < 4.78 is 0. The van der Waals surface area contributed by atoms with Crippen molar-refractivity contribution >= 4 is 23.2 Å². The van der Waals surface area contributed by atoms with Crippen molar-refractivity contribution in [1.82, 2.24) is 9.80 Å². The molecule has 2 fully saturated rings. The molecule has 3 rings (SSSR count). The number of piperidine rings is 2. The Kier molecular flexibility index (Phi) is 7.67. The van der Waals surface area contributed by atoms with E-state index in [9.17, 15) is 9.59 Å². The monoisotopic (exact) mass is 400 g/mol. The summed E-state index contributed by atoms with van der Waals surface area (Å²) >= 11 is 0. The first-order valence-electron chi connectivity index (χ1n) is 11.0. The third kappa shape index (κ3) is 6.28. The van der Waals surface area contributed by atoms with E-state index < -0.39 is 0 Å². The first kappa shape index (κ1) is 21.8. The summed E-state index contributed by atoms with van der Waals surface area (Å²) in [5.74, 6) is 0.649. The number of rotatable bonds is 7. The predicted octanol–water partition coefficient (Wildman–Crippen LogP) is 3.48. The van der Waals surface area contributed by atoms with Gasteiger partial charge in [-0.25, -0.2) is 0 Å². The minimum absolute atomic E-state index is 0.0644. The molecule has 0 aliphatic carbocycles. The van der Waals surface area contributed by atoms with Crippen LogP contribution in [0.25, 0.3) is 0 Å². The molecule has 2 N–H and O–H groups in total. The van der Waals surface area contributed by atoms with Crippen molar-refractivity contribution in [3.8, 4) is 0 Å². The van der Waals surface area contributed by atoms with Crippen LogP contribution in [-0.4, -0.2) is 61.4 Å². The van der Waals surface area contributed by atoms with Gasteiger partial charge in [0.15, 0.2) is 0 Å². The standard InChI is InChI=1S/C23H36N4O2/c1-17-9-11-19(24-23(29)16-26(2)3)15-20(17)25-22(28)12-10-18-7-6-14-27-13-5-4-8-21(18)27/h9,11,15,18,21H,4-8,10,12-14,16H2,1-3H3,(H,24,29)(H,25,28)/t18-,21+/m0/s1. The average molecular weight is 401 g/mol. The lowest BCUT2D eigenvalue weighted by Gasteiger charge is -2.44. The third-order valence-corrected chi connectivity index (χ3v) is 6.23.